The van der Waals surface area contributed by atoms with E-state index in [-0.39, 0.29) is 0 Å². The number of nitro groups is 1. The van der Waals surface area contributed by atoms with Crippen molar-refractivity contribution < 1.29 is 9.72 Å². The van der Waals surface area contributed by atoms with Crippen LogP contribution in [0.25, 0.3) is 0 Å². The summed E-state index contributed by atoms with van der Waals surface area (Å²) in [5.41, 5.74) is 1.81. The highest BCUT2D eigenvalue weighted by atomic mass is 79.9. The molecule has 1 aliphatic rings. The fraction of sp³-hybridized carbons (Fsp3) is 0.188. The lowest BCUT2D eigenvalue weighted by atomic mass is 9.81. The standard InChI is InChI=1S/C16H12BrClN2O3/c17-11-7-5-10(6-8-11)13(9-20(22)23)16(18)12-3-1-2-4-14(12)19-15(16)21/h1-8,13H,9H2,(H,19,21)/t13-,16+/m1/s1. The number of benzene rings is 2. The molecule has 2 aromatic rings. The van der Waals surface area contributed by atoms with E-state index >= 15 is 0 Å². The molecule has 5 nitrogen and oxygen atoms in total. The second-order valence-electron chi connectivity index (χ2n) is 5.33. The van der Waals surface area contributed by atoms with Crippen LogP contribution in [0.1, 0.15) is 17.0 Å². The van der Waals surface area contributed by atoms with Crippen LogP contribution in [0.5, 0.6) is 0 Å². The molecule has 7 heteroatoms. The van der Waals surface area contributed by atoms with Gasteiger partial charge in [-0.15, -0.1) is 11.6 Å². The second-order valence-corrected chi connectivity index (χ2v) is 6.84. The molecule has 1 aliphatic heterocycles. The highest BCUT2D eigenvalue weighted by molar-refractivity contribution is 9.10. The van der Waals surface area contributed by atoms with Gasteiger partial charge in [0.05, 0.1) is 5.92 Å². The van der Waals surface area contributed by atoms with Crippen molar-refractivity contribution in [2.45, 2.75) is 10.8 Å². The summed E-state index contributed by atoms with van der Waals surface area (Å²) >= 11 is 10.0. The summed E-state index contributed by atoms with van der Waals surface area (Å²) in [5.74, 6) is -1.22. The molecule has 0 fully saturated rings. The zero-order valence-electron chi connectivity index (χ0n) is 11.8. The van der Waals surface area contributed by atoms with E-state index in [4.69, 9.17) is 11.6 Å². The number of amides is 1. The quantitative estimate of drug-likeness (QED) is 0.485. The van der Waals surface area contributed by atoms with Crippen LogP contribution in [-0.2, 0) is 9.67 Å². The Morgan fingerprint density at radius 3 is 2.52 bits per heavy atom. The lowest BCUT2D eigenvalue weighted by Gasteiger charge is -2.28. The van der Waals surface area contributed by atoms with Crippen molar-refractivity contribution in [2.24, 2.45) is 0 Å². The SMILES string of the molecule is O=C1Nc2ccccc2[C@]1(Cl)[C@H](C[N+](=O)[O-])c1ccc(Br)cc1. The van der Waals surface area contributed by atoms with Crippen molar-refractivity contribution in [3.05, 3.63) is 74.2 Å². The van der Waals surface area contributed by atoms with E-state index < -0.39 is 28.2 Å². The van der Waals surface area contributed by atoms with Gasteiger partial charge in [0.2, 0.25) is 6.54 Å². The number of nitrogens with zero attached hydrogens (tertiary/aromatic N) is 1. The summed E-state index contributed by atoms with van der Waals surface area (Å²) in [6, 6.07) is 14.1. The number of carbonyl (C=O) groups excluding carboxylic acids is 1. The number of rotatable bonds is 4. The molecule has 23 heavy (non-hydrogen) atoms. The number of anilines is 1. The minimum absolute atomic E-state index is 0.435. The van der Waals surface area contributed by atoms with Crippen molar-refractivity contribution in [2.75, 3.05) is 11.9 Å². The van der Waals surface area contributed by atoms with Gasteiger partial charge in [-0.1, -0.05) is 46.3 Å². The van der Waals surface area contributed by atoms with Gasteiger partial charge >= 0.3 is 0 Å². The topological polar surface area (TPSA) is 72.2 Å². The number of halogens is 2. The Balaban J connectivity index is 2.14. The molecule has 0 saturated carbocycles. The summed E-state index contributed by atoms with van der Waals surface area (Å²) in [5, 5.41) is 13.9. The average Bonchev–Trinajstić information content (AvgIpc) is 2.78. The molecule has 1 heterocycles. The minimum atomic E-state index is -1.50. The van der Waals surface area contributed by atoms with Gasteiger partial charge in [-0.3, -0.25) is 14.9 Å². The molecule has 118 valence electrons. The Morgan fingerprint density at radius 2 is 1.87 bits per heavy atom. The molecule has 0 saturated heterocycles. The first-order chi connectivity index (χ1) is 10.9. The Labute approximate surface area is 145 Å². The van der Waals surface area contributed by atoms with E-state index in [0.717, 1.165) is 4.47 Å². The van der Waals surface area contributed by atoms with E-state index in [1.807, 2.05) is 0 Å². The van der Waals surface area contributed by atoms with Gasteiger partial charge in [0.25, 0.3) is 5.91 Å². The molecule has 0 unspecified atom stereocenters. The molecule has 2 atom stereocenters. The van der Waals surface area contributed by atoms with Crippen molar-refractivity contribution in [1.82, 2.24) is 0 Å². The first-order valence-electron chi connectivity index (χ1n) is 6.90. The number of hydrogen-bond acceptors (Lipinski definition) is 3. The van der Waals surface area contributed by atoms with Gasteiger partial charge in [-0.05, 0) is 23.8 Å². The number of nitrogens with one attached hydrogen (secondary N) is 1. The third-order valence-electron chi connectivity index (χ3n) is 3.98. The molecule has 2 aromatic carbocycles. The predicted octanol–water partition coefficient (Wildman–Crippen LogP) is 3.90. The van der Waals surface area contributed by atoms with Gasteiger partial charge in [0.1, 0.15) is 0 Å². The van der Waals surface area contributed by atoms with Crippen LogP contribution in [0, 0.1) is 10.1 Å². The van der Waals surface area contributed by atoms with Gasteiger partial charge in [-0.2, -0.15) is 0 Å². The first kappa shape index (κ1) is 16.0. The predicted molar refractivity (Wildman–Crippen MR) is 91.3 cm³/mol. The molecular formula is C16H12BrClN2O3. The Hall–Kier alpha value is -1.92. The van der Waals surface area contributed by atoms with Crippen molar-refractivity contribution in [3.63, 3.8) is 0 Å². The normalized spacial score (nSPS) is 20.7. The van der Waals surface area contributed by atoms with Crippen molar-refractivity contribution in [3.8, 4) is 0 Å². The summed E-state index contributed by atoms with van der Waals surface area (Å²) in [6.45, 7) is -0.438. The van der Waals surface area contributed by atoms with E-state index in [1.165, 1.54) is 0 Å². The lowest BCUT2D eigenvalue weighted by Crippen LogP contribution is -2.38. The second kappa shape index (κ2) is 5.94. The highest BCUT2D eigenvalue weighted by Gasteiger charge is 2.53. The van der Waals surface area contributed by atoms with Gasteiger partial charge < -0.3 is 5.32 Å². The zero-order valence-corrected chi connectivity index (χ0v) is 14.2. The highest BCUT2D eigenvalue weighted by Crippen LogP contribution is 2.50. The van der Waals surface area contributed by atoms with Crippen LogP contribution < -0.4 is 5.32 Å². The van der Waals surface area contributed by atoms with Crippen LogP contribution in [0.15, 0.2) is 53.0 Å². The smallest absolute Gasteiger partial charge is 0.251 e. The number of fused-ring (bicyclic) bond motifs is 1. The molecule has 3 rings (SSSR count). The fourth-order valence-electron chi connectivity index (χ4n) is 2.90. The van der Waals surface area contributed by atoms with Gasteiger partial charge in [-0.25, -0.2) is 0 Å². The summed E-state index contributed by atoms with van der Waals surface area (Å²) in [7, 11) is 0. The van der Waals surface area contributed by atoms with Crippen molar-refractivity contribution in [1.29, 1.82) is 0 Å². The number of hydrogen-bond donors (Lipinski definition) is 1. The molecule has 0 radical (unpaired) electrons. The van der Waals surface area contributed by atoms with Crippen LogP contribution in [0.4, 0.5) is 5.69 Å². The van der Waals surface area contributed by atoms with Gasteiger partial charge in [0.15, 0.2) is 4.87 Å². The van der Waals surface area contributed by atoms with E-state index in [9.17, 15) is 14.9 Å². The molecule has 0 aromatic heterocycles. The summed E-state index contributed by atoms with van der Waals surface area (Å²) in [6.07, 6.45) is 0. The fourth-order valence-corrected chi connectivity index (χ4v) is 3.57. The molecule has 0 bridgehead atoms. The van der Waals surface area contributed by atoms with Gasteiger partial charge in [0, 0.05) is 20.6 Å². The Kier molecular flexibility index (Phi) is 4.12. The number of alkyl halides is 1. The Bertz CT molecular complexity index is 781. The third kappa shape index (κ3) is 2.72. The molecule has 0 aliphatic carbocycles. The largest absolute Gasteiger partial charge is 0.324 e. The monoisotopic (exact) mass is 394 g/mol. The van der Waals surface area contributed by atoms with Crippen LogP contribution >= 0.6 is 27.5 Å². The molecule has 0 spiro atoms. The molecular weight excluding hydrogens is 384 g/mol. The third-order valence-corrected chi connectivity index (χ3v) is 5.15. The van der Waals surface area contributed by atoms with Crippen LogP contribution in [-0.4, -0.2) is 17.4 Å². The van der Waals surface area contributed by atoms with E-state index in [0.29, 0.717) is 16.8 Å². The van der Waals surface area contributed by atoms with E-state index in [2.05, 4.69) is 21.2 Å². The average molecular weight is 396 g/mol. The maximum atomic E-state index is 12.5. The maximum Gasteiger partial charge on any atom is 0.251 e. The Morgan fingerprint density at radius 1 is 1.22 bits per heavy atom. The minimum Gasteiger partial charge on any atom is -0.324 e. The maximum absolute atomic E-state index is 12.5. The number of carbonyl (C=O) groups is 1. The number of para-hydroxylation sites is 1. The zero-order chi connectivity index (χ0) is 16.6. The van der Waals surface area contributed by atoms with Crippen LogP contribution in [0.2, 0.25) is 0 Å². The summed E-state index contributed by atoms with van der Waals surface area (Å²) in [4.78, 5) is 21.8. The van der Waals surface area contributed by atoms with Crippen LogP contribution in [0.3, 0.4) is 0 Å². The molecule has 1 N–H and O–H groups in total. The van der Waals surface area contributed by atoms with Crippen molar-refractivity contribution >= 4 is 39.1 Å². The molecule has 1 amide bonds. The first-order valence-corrected chi connectivity index (χ1v) is 8.07. The summed E-state index contributed by atoms with van der Waals surface area (Å²) < 4.78 is 0.848. The van der Waals surface area contributed by atoms with E-state index in [1.54, 1.807) is 48.5 Å². The lowest BCUT2D eigenvalue weighted by molar-refractivity contribution is -0.484.